The lowest BCUT2D eigenvalue weighted by Gasteiger charge is -2.59. The third-order valence-corrected chi connectivity index (χ3v) is 8.51. The Hall–Kier alpha value is -3.26. The van der Waals surface area contributed by atoms with E-state index in [-0.39, 0.29) is 47.8 Å². The molecule has 0 aromatic heterocycles. The minimum atomic E-state index is -2.65. The molecule has 0 saturated carbocycles. The Morgan fingerprint density at radius 2 is 1.72 bits per heavy atom. The highest BCUT2D eigenvalue weighted by molar-refractivity contribution is 6.25. The minimum Gasteiger partial charge on any atom is -0.511 e. The SMILES string of the molecule is CCC(=O)c1ccc(O)c2c1C[C@]1(C)C[C@]3(C)C(C(C)C)C(O)=C(C(C)=O)C(=O)[C@]3(O)C(O)=C1C2=O. The van der Waals surface area contributed by atoms with E-state index < -0.39 is 56.8 Å². The monoisotopic (exact) mass is 496 g/mol. The summed E-state index contributed by atoms with van der Waals surface area (Å²) in [6.45, 7) is 9.61. The van der Waals surface area contributed by atoms with Gasteiger partial charge < -0.3 is 20.4 Å². The zero-order chi connectivity index (χ0) is 27.1. The lowest BCUT2D eigenvalue weighted by atomic mass is 9.44. The Labute approximate surface area is 209 Å². The summed E-state index contributed by atoms with van der Waals surface area (Å²) in [5, 5.41) is 45.3. The van der Waals surface area contributed by atoms with Gasteiger partial charge in [-0.2, -0.15) is 0 Å². The molecule has 1 aromatic carbocycles. The van der Waals surface area contributed by atoms with Gasteiger partial charge >= 0.3 is 0 Å². The molecule has 3 aliphatic rings. The normalized spacial score (nSPS) is 31.8. The van der Waals surface area contributed by atoms with Crippen molar-refractivity contribution in [2.45, 2.75) is 66.4 Å². The predicted octanol–water partition coefficient (Wildman–Crippen LogP) is 3.94. The molecule has 0 bridgehead atoms. The Morgan fingerprint density at radius 1 is 1.11 bits per heavy atom. The first-order chi connectivity index (χ1) is 16.6. The highest BCUT2D eigenvalue weighted by atomic mass is 16.3. The van der Waals surface area contributed by atoms with E-state index in [1.54, 1.807) is 34.6 Å². The van der Waals surface area contributed by atoms with Crippen molar-refractivity contribution in [3.05, 3.63) is 51.5 Å². The van der Waals surface area contributed by atoms with Gasteiger partial charge in [-0.05, 0) is 43.4 Å². The summed E-state index contributed by atoms with van der Waals surface area (Å²) in [5.41, 5.74) is -5.60. The number of fused-ring (bicyclic) bond motifs is 3. The van der Waals surface area contributed by atoms with Crippen LogP contribution in [0.3, 0.4) is 0 Å². The van der Waals surface area contributed by atoms with Crippen LogP contribution in [0.5, 0.6) is 5.75 Å². The van der Waals surface area contributed by atoms with Crippen molar-refractivity contribution in [2.24, 2.45) is 22.7 Å². The molecule has 1 unspecified atom stereocenters. The summed E-state index contributed by atoms with van der Waals surface area (Å²) >= 11 is 0. The summed E-state index contributed by atoms with van der Waals surface area (Å²) in [6, 6.07) is 2.72. The first kappa shape index (κ1) is 25.8. The number of rotatable bonds is 4. The summed E-state index contributed by atoms with van der Waals surface area (Å²) in [5.74, 6) is -5.83. The lowest BCUT2D eigenvalue weighted by molar-refractivity contribution is -0.171. The van der Waals surface area contributed by atoms with Crippen molar-refractivity contribution < 1.29 is 39.6 Å². The number of benzene rings is 1. The maximum Gasteiger partial charge on any atom is 0.209 e. The molecule has 8 heteroatoms. The van der Waals surface area contributed by atoms with Gasteiger partial charge in [0, 0.05) is 34.3 Å². The van der Waals surface area contributed by atoms with E-state index in [0.717, 1.165) is 6.92 Å². The average Bonchev–Trinajstić information content (AvgIpc) is 2.75. The van der Waals surface area contributed by atoms with Crippen molar-refractivity contribution in [3.63, 3.8) is 0 Å². The van der Waals surface area contributed by atoms with Crippen LogP contribution in [-0.2, 0) is 16.0 Å². The third-order valence-electron chi connectivity index (χ3n) is 8.51. The number of allylic oxidation sites excluding steroid dienone is 2. The van der Waals surface area contributed by atoms with E-state index >= 15 is 0 Å². The molecule has 0 fully saturated rings. The minimum absolute atomic E-state index is 0.0136. The van der Waals surface area contributed by atoms with Crippen LogP contribution in [-0.4, -0.2) is 49.2 Å². The van der Waals surface area contributed by atoms with E-state index in [2.05, 4.69) is 0 Å². The molecule has 4 N–H and O–H groups in total. The summed E-state index contributed by atoms with van der Waals surface area (Å²) in [6.07, 6.45) is 0.252. The molecule has 1 aromatic rings. The standard InChI is InChI=1S/C28H32O8/c1-7-16(30)14-8-9-17(31)19-15(14)10-26(5)11-27(6)20(12(2)3)22(32)18(13(4)29)24(34)28(27,36)25(35)21(26)23(19)33/h8-9,12,20,31-32,35-36H,7,10-11H2,1-6H3/t20?,26-,27-,28+/m1/s1. The van der Waals surface area contributed by atoms with Gasteiger partial charge in [-0.15, -0.1) is 0 Å². The second kappa shape index (κ2) is 7.87. The van der Waals surface area contributed by atoms with E-state index in [9.17, 15) is 39.6 Å². The van der Waals surface area contributed by atoms with Crippen LogP contribution in [0.4, 0.5) is 0 Å². The number of hydrogen-bond donors (Lipinski definition) is 4. The summed E-state index contributed by atoms with van der Waals surface area (Å²) < 4.78 is 0. The molecule has 4 atom stereocenters. The fraction of sp³-hybridized carbons (Fsp3) is 0.500. The summed E-state index contributed by atoms with van der Waals surface area (Å²) in [4.78, 5) is 52.5. The molecule has 4 rings (SSSR count). The average molecular weight is 497 g/mol. The van der Waals surface area contributed by atoms with Crippen LogP contribution in [0.25, 0.3) is 0 Å². The molecular formula is C28H32O8. The van der Waals surface area contributed by atoms with Gasteiger partial charge in [-0.25, -0.2) is 0 Å². The number of phenols is 1. The maximum atomic E-state index is 13.8. The van der Waals surface area contributed by atoms with Crippen molar-refractivity contribution in [3.8, 4) is 5.75 Å². The van der Waals surface area contributed by atoms with Gasteiger partial charge in [0.2, 0.25) is 5.78 Å². The number of Topliss-reactive ketones (excluding diaryl/α,β-unsaturated/α-hetero) is 4. The number of aromatic hydroxyl groups is 1. The molecule has 0 aliphatic heterocycles. The van der Waals surface area contributed by atoms with Crippen LogP contribution >= 0.6 is 0 Å². The van der Waals surface area contributed by atoms with Gasteiger partial charge in [0.05, 0.1) is 5.56 Å². The molecule has 0 spiro atoms. The van der Waals surface area contributed by atoms with Crippen LogP contribution < -0.4 is 0 Å². The highest BCUT2D eigenvalue weighted by Gasteiger charge is 2.71. The van der Waals surface area contributed by atoms with E-state index in [4.69, 9.17) is 0 Å². The molecule has 3 aliphatic carbocycles. The fourth-order valence-corrected chi connectivity index (χ4v) is 7.18. The molecule has 192 valence electrons. The zero-order valence-corrected chi connectivity index (χ0v) is 21.4. The smallest absolute Gasteiger partial charge is 0.209 e. The topological polar surface area (TPSA) is 149 Å². The van der Waals surface area contributed by atoms with Crippen LogP contribution in [0.2, 0.25) is 0 Å². The van der Waals surface area contributed by atoms with E-state index in [0.29, 0.717) is 11.1 Å². The Balaban J connectivity index is 2.08. The zero-order valence-electron chi connectivity index (χ0n) is 21.4. The molecule has 36 heavy (non-hydrogen) atoms. The van der Waals surface area contributed by atoms with Crippen LogP contribution in [0, 0.1) is 22.7 Å². The number of phenolic OH excluding ortho intramolecular Hbond substituents is 1. The fourth-order valence-electron chi connectivity index (χ4n) is 7.18. The van der Waals surface area contributed by atoms with Gasteiger partial charge in [-0.3, -0.25) is 19.2 Å². The van der Waals surface area contributed by atoms with Crippen LogP contribution in [0.15, 0.2) is 34.8 Å². The first-order valence-electron chi connectivity index (χ1n) is 12.2. The Morgan fingerprint density at radius 3 is 2.25 bits per heavy atom. The number of carbonyl (C=O) groups is 4. The van der Waals surface area contributed by atoms with Gasteiger partial charge in [-0.1, -0.05) is 34.6 Å². The van der Waals surface area contributed by atoms with Crippen molar-refractivity contribution in [2.75, 3.05) is 0 Å². The first-order valence-corrected chi connectivity index (χ1v) is 12.2. The molecule has 8 nitrogen and oxygen atoms in total. The Bertz CT molecular complexity index is 1310. The van der Waals surface area contributed by atoms with E-state index in [1.165, 1.54) is 12.1 Å². The quantitative estimate of drug-likeness (QED) is 0.362. The van der Waals surface area contributed by atoms with E-state index in [1.807, 2.05) is 0 Å². The number of carbonyl (C=O) groups excluding carboxylic acids is 4. The van der Waals surface area contributed by atoms with Gasteiger partial charge in [0.15, 0.2) is 23.0 Å². The second-order valence-corrected chi connectivity index (χ2v) is 11.2. The maximum absolute atomic E-state index is 13.8. The molecule has 0 heterocycles. The highest BCUT2D eigenvalue weighted by Crippen LogP contribution is 2.65. The largest absolute Gasteiger partial charge is 0.511 e. The molecule has 0 radical (unpaired) electrons. The predicted molar refractivity (Wildman–Crippen MR) is 130 cm³/mol. The molecular weight excluding hydrogens is 464 g/mol. The van der Waals surface area contributed by atoms with Crippen molar-refractivity contribution in [1.29, 1.82) is 0 Å². The lowest BCUT2D eigenvalue weighted by Crippen LogP contribution is -2.67. The van der Waals surface area contributed by atoms with Gasteiger partial charge in [0.1, 0.15) is 22.8 Å². The van der Waals surface area contributed by atoms with Crippen LogP contribution in [0.1, 0.15) is 80.7 Å². The number of hydrogen-bond acceptors (Lipinski definition) is 8. The third kappa shape index (κ3) is 2.97. The van der Waals surface area contributed by atoms with Crippen molar-refractivity contribution >= 4 is 23.1 Å². The molecule has 0 amide bonds. The molecule has 0 saturated heterocycles. The number of ketones is 4. The summed E-state index contributed by atoms with van der Waals surface area (Å²) in [7, 11) is 0. The van der Waals surface area contributed by atoms with Gasteiger partial charge in [0.25, 0.3) is 0 Å². The Kier molecular flexibility index (Phi) is 5.64. The number of aliphatic hydroxyl groups is 3. The van der Waals surface area contributed by atoms with Crippen molar-refractivity contribution in [1.82, 2.24) is 0 Å². The number of aliphatic hydroxyl groups excluding tert-OH is 2. The second-order valence-electron chi connectivity index (χ2n) is 11.2.